The van der Waals surface area contributed by atoms with E-state index in [1.54, 1.807) is 0 Å². The van der Waals surface area contributed by atoms with Crippen molar-refractivity contribution in [2.75, 3.05) is 0 Å². The third-order valence-electron chi connectivity index (χ3n) is 1.77. The first kappa shape index (κ1) is 8.31. The summed E-state index contributed by atoms with van der Waals surface area (Å²) < 4.78 is 1.40. The van der Waals surface area contributed by atoms with Gasteiger partial charge in [-0.1, -0.05) is 31.6 Å². The number of hydrogen-bond donors (Lipinski definition) is 0. The summed E-state index contributed by atoms with van der Waals surface area (Å²) in [7, 11) is 0. The molecule has 0 radical (unpaired) electrons. The highest BCUT2D eigenvalue weighted by Crippen LogP contribution is 2.23. The Balaban J connectivity index is 2.43. The Hall–Kier alpha value is 0.210. The Bertz CT molecular complexity index is 156. The van der Waals surface area contributed by atoms with Crippen LogP contribution in [0.5, 0.6) is 0 Å². The summed E-state index contributed by atoms with van der Waals surface area (Å²) in [6, 6.07) is 0. The first-order chi connectivity index (χ1) is 4.83. The molecule has 1 aliphatic rings. The fourth-order valence-corrected chi connectivity index (χ4v) is 2.04. The molecular formula is C9H13I. The maximum atomic E-state index is 2.39. The molecule has 56 valence electrons. The fourth-order valence-electron chi connectivity index (χ4n) is 1.28. The molecule has 1 unspecified atom stereocenters. The van der Waals surface area contributed by atoms with Crippen LogP contribution in [0.15, 0.2) is 21.8 Å². The zero-order chi connectivity index (χ0) is 7.40. The van der Waals surface area contributed by atoms with Crippen LogP contribution in [-0.4, -0.2) is 0 Å². The Morgan fingerprint density at radius 2 is 2.50 bits per heavy atom. The van der Waals surface area contributed by atoms with Gasteiger partial charge in [-0.25, -0.2) is 0 Å². The van der Waals surface area contributed by atoms with Crippen molar-refractivity contribution >= 4 is 22.6 Å². The molecule has 0 fully saturated rings. The lowest BCUT2D eigenvalue weighted by molar-refractivity contribution is 0.584. The van der Waals surface area contributed by atoms with Crippen LogP contribution in [0.3, 0.4) is 0 Å². The van der Waals surface area contributed by atoms with Gasteiger partial charge in [0.2, 0.25) is 0 Å². The molecule has 0 bridgehead atoms. The fraction of sp³-hybridized carbons (Fsp3) is 0.556. The van der Waals surface area contributed by atoms with Crippen LogP contribution >= 0.6 is 22.6 Å². The predicted octanol–water partition coefficient (Wildman–Crippen LogP) is 3.68. The molecule has 0 aliphatic heterocycles. The second-order valence-corrected chi connectivity index (χ2v) is 3.98. The lowest BCUT2D eigenvalue weighted by Crippen LogP contribution is -1.97. The molecule has 0 nitrogen and oxygen atoms in total. The van der Waals surface area contributed by atoms with Crippen molar-refractivity contribution in [3.05, 3.63) is 21.8 Å². The number of halogens is 1. The van der Waals surface area contributed by atoms with E-state index >= 15 is 0 Å². The number of rotatable bonds is 2. The van der Waals surface area contributed by atoms with Crippen molar-refractivity contribution in [2.45, 2.75) is 26.2 Å². The highest BCUT2D eigenvalue weighted by atomic mass is 127. The lowest BCUT2D eigenvalue weighted by Gasteiger charge is -2.12. The molecule has 0 N–H and O–H groups in total. The van der Waals surface area contributed by atoms with Gasteiger partial charge in [-0.15, -0.1) is 0 Å². The summed E-state index contributed by atoms with van der Waals surface area (Å²) in [6.45, 7) is 2.25. The van der Waals surface area contributed by atoms with Crippen LogP contribution in [0, 0.1) is 5.92 Å². The maximum absolute atomic E-state index is 2.39. The van der Waals surface area contributed by atoms with Gasteiger partial charge in [-0.3, -0.25) is 0 Å². The van der Waals surface area contributed by atoms with Crippen molar-refractivity contribution in [2.24, 2.45) is 5.92 Å². The lowest BCUT2D eigenvalue weighted by atomic mass is 9.96. The van der Waals surface area contributed by atoms with Crippen LogP contribution in [0.2, 0.25) is 0 Å². The third kappa shape index (κ3) is 2.45. The highest BCUT2D eigenvalue weighted by molar-refractivity contribution is 14.1. The molecule has 1 rings (SSSR count). The van der Waals surface area contributed by atoms with E-state index in [-0.39, 0.29) is 0 Å². The van der Waals surface area contributed by atoms with E-state index in [1.165, 1.54) is 22.8 Å². The van der Waals surface area contributed by atoms with Gasteiger partial charge in [0.15, 0.2) is 0 Å². The van der Waals surface area contributed by atoms with Crippen LogP contribution in [0.4, 0.5) is 0 Å². The summed E-state index contributed by atoms with van der Waals surface area (Å²) in [5.74, 6) is 0.821. The average Bonchev–Trinajstić information content (AvgIpc) is 1.88. The highest BCUT2D eigenvalue weighted by Gasteiger charge is 2.05. The third-order valence-corrected chi connectivity index (χ3v) is 2.49. The minimum Gasteiger partial charge on any atom is -0.0829 e. The van der Waals surface area contributed by atoms with Crippen LogP contribution in [0.25, 0.3) is 0 Å². The van der Waals surface area contributed by atoms with E-state index < -0.39 is 0 Å². The standard InChI is InChI=1S/C9H13I/c1-2-4-8-5-3-6-9(10)7-8/h3,6-8H,2,4-5H2,1H3. The summed E-state index contributed by atoms with van der Waals surface area (Å²) in [6.07, 6.45) is 10.8. The van der Waals surface area contributed by atoms with E-state index in [0.717, 1.165) is 5.92 Å². The quantitative estimate of drug-likeness (QED) is 0.654. The maximum Gasteiger partial charge on any atom is 0.00897 e. The largest absolute Gasteiger partial charge is 0.0829 e. The molecule has 0 heterocycles. The molecule has 10 heavy (non-hydrogen) atoms. The van der Waals surface area contributed by atoms with E-state index in [2.05, 4.69) is 47.7 Å². The molecule has 0 amide bonds. The molecule has 0 spiro atoms. The van der Waals surface area contributed by atoms with Gasteiger partial charge in [0.05, 0.1) is 0 Å². The Labute approximate surface area is 76.5 Å². The predicted molar refractivity (Wildman–Crippen MR) is 54.3 cm³/mol. The normalized spacial score (nSPS) is 24.6. The SMILES string of the molecule is CCCC1C=C(I)C=CC1. The summed E-state index contributed by atoms with van der Waals surface area (Å²) in [5, 5.41) is 0. The van der Waals surface area contributed by atoms with Crippen molar-refractivity contribution < 1.29 is 0 Å². The molecule has 1 heteroatoms. The van der Waals surface area contributed by atoms with E-state index in [9.17, 15) is 0 Å². The molecular weight excluding hydrogens is 235 g/mol. The number of hydrogen-bond acceptors (Lipinski definition) is 0. The minimum atomic E-state index is 0.821. The van der Waals surface area contributed by atoms with Gasteiger partial charge in [0.1, 0.15) is 0 Å². The first-order valence-electron chi connectivity index (χ1n) is 3.86. The second kappa shape index (κ2) is 4.16. The summed E-state index contributed by atoms with van der Waals surface area (Å²) >= 11 is 2.39. The Kier molecular flexibility index (Phi) is 3.46. The van der Waals surface area contributed by atoms with Crippen molar-refractivity contribution in [1.82, 2.24) is 0 Å². The zero-order valence-electron chi connectivity index (χ0n) is 6.31. The van der Waals surface area contributed by atoms with E-state index in [0.29, 0.717) is 0 Å². The smallest absolute Gasteiger partial charge is 0.00897 e. The topological polar surface area (TPSA) is 0 Å². The first-order valence-corrected chi connectivity index (χ1v) is 4.94. The zero-order valence-corrected chi connectivity index (χ0v) is 8.47. The van der Waals surface area contributed by atoms with Crippen molar-refractivity contribution in [3.63, 3.8) is 0 Å². The molecule has 1 atom stereocenters. The Morgan fingerprint density at radius 3 is 3.10 bits per heavy atom. The van der Waals surface area contributed by atoms with Crippen molar-refractivity contribution in [3.8, 4) is 0 Å². The van der Waals surface area contributed by atoms with E-state index in [1.807, 2.05) is 0 Å². The second-order valence-electron chi connectivity index (χ2n) is 2.74. The molecule has 0 aromatic carbocycles. The number of allylic oxidation sites excluding steroid dienone is 4. The monoisotopic (exact) mass is 248 g/mol. The molecule has 0 saturated carbocycles. The van der Waals surface area contributed by atoms with Crippen LogP contribution in [-0.2, 0) is 0 Å². The van der Waals surface area contributed by atoms with Gasteiger partial charge in [-0.05, 0) is 41.4 Å². The van der Waals surface area contributed by atoms with E-state index in [4.69, 9.17) is 0 Å². The molecule has 0 saturated heterocycles. The molecule has 0 aromatic heterocycles. The van der Waals surface area contributed by atoms with Gasteiger partial charge in [-0.2, -0.15) is 0 Å². The van der Waals surface area contributed by atoms with Crippen LogP contribution < -0.4 is 0 Å². The Morgan fingerprint density at radius 1 is 1.70 bits per heavy atom. The van der Waals surface area contributed by atoms with Crippen molar-refractivity contribution in [1.29, 1.82) is 0 Å². The van der Waals surface area contributed by atoms with Gasteiger partial charge in [0.25, 0.3) is 0 Å². The average molecular weight is 248 g/mol. The van der Waals surface area contributed by atoms with Crippen LogP contribution in [0.1, 0.15) is 26.2 Å². The summed E-state index contributed by atoms with van der Waals surface area (Å²) in [5.41, 5.74) is 0. The van der Waals surface area contributed by atoms with Gasteiger partial charge >= 0.3 is 0 Å². The molecule has 0 aromatic rings. The summed E-state index contributed by atoms with van der Waals surface area (Å²) in [4.78, 5) is 0. The molecule has 1 aliphatic carbocycles. The minimum absolute atomic E-state index is 0.821. The van der Waals surface area contributed by atoms with Gasteiger partial charge in [0, 0.05) is 3.58 Å². The van der Waals surface area contributed by atoms with Gasteiger partial charge < -0.3 is 0 Å².